The van der Waals surface area contributed by atoms with Gasteiger partial charge >= 0.3 is 0 Å². The lowest BCUT2D eigenvalue weighted by molar-refractivity contribution is 0.102. The summed E-state index contributed by atoms with van der Waals surface area (Å²) in [6.07, 6.45) is 3.43. The molecular weight excluding hydrogens is 518 g/mol. The molecule has 1 amide bonds. The van der Waals surface area contributed by atoms with Gasteiger partial charge in [0.1, 0.15) is 22.6 Å². The smallest absolute Gasteiger partial charge is 0.261 e. The van der Waals surface area contributed by atoms with Gasteiger partial charge in [-0.05, 0) is 43.2 Å². The molecule has 5 rings (SSSR count). The number of aryl methyl sites for hydroxylation is 2. The molecule has 202 valence electrons. The van der Waals surface area contributed by atoms with E-state index in [0.29, 0.717) is 45.9 Å². The average Bonchev–Trinajstić information content (AvgIpc) is 2.94. The predicted octanol–water partition coefficient (Wildman–Crippen LogP) is 6.19. The van der Waals surface area contributed by atoms with Crippen molar-refractivity contribution in [2.24, 2.45) is 0 Å². The summed E-state index contributed by atoms with van der Waals surface area (Å²) in [7, 11) is 1.55. The number of aromatic nitrogens is 3. The van der Waals surface area contributed by atoms with Crippen LogP contribution >= 0.6 is 0 Å². The third kappa shape index (κ3) is 5.11. The highest BCUT2D eigenvalue weighted by Gasteiger charge is 2.18. The molecule has 0 saturated heterocycles. The number of carbonyl (C=O) groups excluding carboxylic acids is 1. The molecular formula is C30H24F2N4O4. The van der Waals surface area contributed by atoms with Gasteiger partial charge in [0.25, 0.3) is 5.91 Å². The minimum absolute atomic E-state index is 0.0899. The molecule has 3 heterocycles. The number of pyridine rings is 3. The molecule has 2 aromatic carbocycles. The Kier molecular flexibility index (Phi) is 7.24. The summed E-state index contributed by atoms with van der Waals surface area (Å²) in [5.74, 6) is -1.10. The number of H-pyrrole nitrogens is 1. The molecule has 0 aliphatic rings. The van der Waals surface area contributed by atoms with Crippen LogP contribution in [0, 0.1) is 18.6 Å². The van der Waals surface area contributed by atoms with E-state index in [9.17, 15) is 14.0 Å². The molecule has 0 bridgehead atoms. The van der Waals surface area contributed by atoms with Crippen molar-refractivity contribution in [1.82, 2.24) is 15.0 Å². The maximum Gasteiger partial charge on any atom is 0.261 e. The summed E-state index contributed by atoms with van der Waals surface area (Å²) < 4.78 is 39.6. The van der Waals surface area contributed by atoms with Crippen molar-refractivity contribution in [3.8, 4) is 28.4 Å². The number of anilines is 1. The van der Waals surface area contributed by atoms with Gasteiger partial charge < -0.3 is 19.8 Å². The standard InChI is InChI=1S/C30H24F2N4O4/c1-4-22-26(39-3)14-23-28(36-22)25(11-12-33-23)40-24-10-9-19(13-21(24)32)35-30(38)20-15-34-16(2)27(29(20)37)17-5-7-18(31)8-6-17/h5-15H,4H2,1-3H3,(H,34,37)(H,35,38). The largest absolute Gasteiger partial charge is 0.495 e. The van der Waals surface area contributed by atoms with Crippen molar-refractivity contribution < 1.29 is 23.0 Å². The Labute approximate surface area is 227 Å². The van der Waals surface area contributed by atoms with E-state index in [0.717, 1.165) is 6.07 Å². The van der Waals surface area contributed by atoms with Crippen LogP contribution in [-0.4, -0.2) is 28.0 Å². The number of nitrogens with one attached hydrogen (secondary N) is 2. The van der Waals surface area contributed by atoms with Gasteiger partial charge in [-0.1, -0.05) is 19.1 Å². The monoisotopic (exact) mass is 542 g/mol. The van der Waals surface area contributed by atoms with Crippen LogP contribution in [0.5, 0.6) is 17.2 Å². The van der Waals surface area contributed by atoms with Gasteiger partial charge in [0.15, 0.2) is 17.3 Å². The highest BCUT2D eigenvalue weighted by Crippen LogP contribution is 2.33. The number of benzene rings is 2. The maximum atomic E-state index is 15.1. The number of aromatic amines is 1. The van der Waals surface area contributed by atoms with Gasteiger partial charge in [-0.2, -0.15) is 0 Å². The Morgan fingerprint density at radius 1 is 1.02 bits per heavy atom. The Balaban J connectivity index is 1.40. The van der Waals surface area contributed by atoms with Gasteiger partial charge in [-0.3, -0.25) is 14.6 Å². The van der Waals surface area contributed by atoms with Gasteiger partial charge in [0.2, 0.25) is 5.43 Å². The first kappa shape index (κ1) is 26.5. The quantitative estimate of drug-likeness (QED) is 0.254. The second kappa shape index (κ2) is 10.9. The first-order valence-electron chi connectivity index (χ1n) is 12.4. The Morgan fingerprint density at radius 2 is 1.80 bits per heavy atom. The lowest BCUT2D eigenvalue weighted by atomic mass is 10.0. The number of hydrogen-bond acceptors (Lipinski definition) is 6. The van der Waals surface area contributed by atoms with Crippen molar-refractivity contribution in [2.45, 2.75) is 20.3 Å². The zero-order valence-electron chi connectivity index (χ0n) is 21.8. The summed E-state index contributed by atoms with van der Waals surface area (Å²) in [5.41, 5.74) is 2.31. The Morgan fingerprint density at radius 3 is 2.50 bits per heavy atom. The van der Waals surface area contributed by atoms with E-state index < -0.39 is 23.0 Å². The van der Waals surface area contributed by atoms with Crippen LogP contribution in [0.25, 0.3) is 22.2 Å². The van der Waals surface area contributed by atoms with Crippen LogP contribution in [0.4, 0.5) is 14.5 Å². The van der Waals surface area contributed by atoms with Gasteiger partial charge in [0.05, 0.1) is 18.3 Å². The maximum absolute atomic E-state index is 15.1. The van der Waals surface area contributed by atoms with Crippen LogP contribution in [0.3, 0.4) is 0 Å². The van der Waals surface area contributed by atoms with Crippen molar-refractivity contribution in [3.63, 3.8) is 0 Å². The molecule has 3 aromatic heterocycles. The fourth-order valence-corrected chi connectivity index (χ4v) is 4.31. The van der Waals surface area contributed by atoms with Gasteiger partial charge in [0, 0.05) is 47.5 Å². The first-order chi connectivity index (χ1) is 19.3. The molecule has 8 nitrogen and oxygen atoms in total. The zero-order valence-corrected chi connectivity index (χ0v) is 21.8. The molecule has 0 radical (unpaired) electrons. The van der Waals surface area contributed by atoms with Crippen LogP contribution in [0.2, 0.25) is 0 Å². The first-order valence-corrected chi connectivity index (χ1v) is 12.4. The van der Waals surface area contributed by atoms with Gasteiger partial charge in [-0.25, -0.2) is 13.8 Å². The lowest BCUT2D eigenvalue weighted by Gasteiger charge is -2.13. The van der Waals surface area contributed by atoms with E-state index in [1.54, 1.807) is 26.2 Å². The number of nitrogens with zero attached hydrogens (tertiary/aromatic N) is 2. The molecule has 0 fully saturated rings. The van der Waals surface area contributed by atoms with E-state index in [4.69, 9.17) is 9.47 Å². The van der Waals surface area contributed by atoms with Gasteiger partial charge in [-0.15, -0.1) is 0 Å². The molecule has 5 aromatic rings. The number of rotatable bonds is 7. The lowest BCUT2D eigenvalue weighted by Crippen LogP contribution is -2.23. The van der Waals surface area contributed by atoms with Crippen LogP contribution in [-0.2, 0) is 6.42 Å². The van der Waals surface area contributed by atoms with Crippen molar-refractivity contribution >= 4 is 22.6 Å². The SMILES string of the molecule is CCc1nc2c(Oc3ccc(NC(=O)c4c[nH]c(C)c(-c5ccc(F)cc5)c4=O)cc3F)ccnc2cc1OC. The fraction of sp³-hybridized carbons (Fsp3) is 0.133. The number of ether oxygens (including phenoxy) is 2. The second-order valence-corrected chi connectivity index (χ2v) is 8.91. The molecule has 10 heteroatoms. The summed E-state index contributed by atoms with van der Waals surface area (Å²) in [6, 6.07) is 12.6. The highest BCUT2D eigenvalue weighted by molar-refractivity contribution is 6.04. The number of amides is 1. The van der Waals surface area contributed by atoms with E-state index >= 15 is 4.39 Å². The fourth-order valence-electron chi connectivity index (χ4n) is 4.31. The predicted molar refractivity (Wildman–Crippen MR) is 147 cm³/mol. The molecule has 40 heavy (non-hydrogen) atoms. The Bertz CT molecular complexity index is 1800. The third-order valence-electron chi connectivity index (χ3n) is 6.34. The molecule has 0 spiro atoms. The third-order valence-corrected chi connectivity index (χ3v) is 6.34. The summed E-state index contributed by atoms with van der Waals surface area (Å²) in [6.45, 7) is 3.62. The number of methoxy groups -OCH3 is 1. The molecule has 0 aliphatic carbocycles. The van der Waals surface area contributed by atoms with Crippen molar-refractivity contribution in [1.29, 1.82) is 0 Å². The van der Waals surface area contributed by atoms with Crippen molar-refractivity contribution in [3.05, 3.63) is 106 Å². The minimum Gasteiger partial charge on any atom is -0.495 e. The zero-order chi connectivity index (χ0) is 28.4. The molecule has 0 atom stereocenters. The molecule has 0 unspecified atom stereocenters. The van der Waals surface area contributed by atoms with E-state index in [1.165, 1.54) is 48.8 Å². The average molecular weight is 543 g/mol. The van der Waals surface area contributed by atoms with Crippen LogP contribution in [0.1, 0.15) is 28.7 Å². The van der Waals surface area contributed by atoms with E-state index in [1.807, 2.05) is 6.92 Å². The summed E-state index contributed by atoms with van der Waals surface area (Å²) in [4.78, 5) is 37.9. The number of halogens is 2. The van der Waals surface area contributed by atoms with Crippen molar-refractivity contribution in [2.75, 3.05) is 12.4 Å². The van der Waals surface area contributed by atoms with Crippen LogP contribution < -0.4 is 20.2 Å². The van der Waals surface area contributed by atoms with E-state index in [2.05, 4.69) is 20.3 Å². The van der Waals surface area contributed by atoms with Crippen LogP contribution in [0.15, 0.2) is 71.8 Å². The summed E-state index contributed by atoms with van der Waals surface area (Å²) >= 11 is 0. The molecule has 2 N–H and O–H groups in total. The summed E-state index contributed by atoms with van der Waals surface area (Å²) in [5, 5.41) is 2.54. The number of fused-ring (bicyclic) bond motifs is 1. The molecule has 0 saturated carbocycles. The Hall–Kier alpha value is -5.12. The normalized spacial score (nSPS) is 10.9. The molecule has 0 aliphatic heterocycles. The number of hydrogen-bond donors (Lipinski definition) is 2. The highest BCUT2D eigenvalue weighted by atomic mass is 19.1. The van der Waals surface area contributed by atoms with E-state index in [-0.39, 0.29) is 22.6 Å². The number of carbonyl (C=O) groups is 1. The minimum atomic E-state index is -0.739. The topological polar surface area (TPSA) is 106 Å². The second-order valence-electron chi connectivity index (χ2n) is 8.91.